The van der Waals surface area contributed by atoms with E-state index in [1.807, 2.05) is 76.2 Å². The summed E-state index contributed by atoms with van der Waals surface area (Å²) in [5.41, 5.74) is 3.73. The fraction of sp³-hybridized carbons (Fsp3) is 0.250. The van der Waals surface area contributed by atoms with Crippen molar-refractivity contribution in [3.8, 4) is 16.9 Å². The summed E-state index contributed by atoms with van der Waals surface area (Å²) >= 11 is 0. The molecule has 0 aliphatic carbocycles. The number of nitrogens with zero attached hydrogens (tertiary/aromatic N) is 2. The molecule has 0 aliphatic rings. The Morgan fingerprint density at radius 2 is 1.59 bits per heavy atom. The highest BCUT2D eigenvalue weighted by atomic mass is 16.5. The third kappa shape index (κ3) is 4.86. The molecular formula is C28H29N3O3. The lowest BCUT2D eigenvalue weighted by Gasteiger charge is -2.18. The zero-order valence-electron chi connectivity index (χ0n) is 20.2. The monoisotopic (exact) mass is 455 g/mol. The van der Waals surface area contributed by atoms with Gasteiger partial charge in [-0.15, -0.1) is 0 Å². The highest BCUT2D eigenvalue weighted by Crippen LogP contribution is 2.23. The Bertz CT molecular complexity index is 1400. The number of aryl methyl sites for hydroxylation is 1. The van der Waals surface area contributed by atoms with Crippen LogP contribution in [0.15, 0.2) is 71.5 Å². The van der Waals surface area contributed by atoms with Gasteiger partial charge in [-0.25, -0.2) is 4.98 Å². The summed E-state index contributed by atoms with van der Waals surface area (Å²) in [5.74, 6) is 1.35. The van der Waals surface area contributed by atoms with E-state index in [9.17, 15) is 9.59 Å². The van der Waals surface area contributed by atoms with E-state index in [0.717, 1.165) is 22.4 Å². The minimum atomic E-state index is -0.529. The third-order valence-electron chi connectivity index (χ3n) is 5.80. The molecular weight excluding hydrogens is 426 g/mol. The smallest absolute Gasteiger partial charge is 0.261 e. The number of anilines is 1. The van der Waals surface area contributed by atoms with Crippen LogP contribution in [0, 0.1) is 12.3 Å². The molecule has 34 heavy (non-hydrogen) atoms. The summed E-state index contributed by atoms with van der Waals surface area (Å²) in [6, 6.07) is 21.3. The van der Waals surface area contributed by atoms with Crippen molar-refractivity contribution in [2.45, 2.75) is 34.2 Å². The van der Waals surface area contributed by atoms with Gasteiger partial charge in [0.1, 0.15) is 11.6 Å². The van der Waals surface area contributed by atoms with Gasteiger partial charge in [-0.2, -0.15) is 0 Å². The van der Waals surface area contributed by atoms with E-state index in [4.69, 9.17) is 4.74 Å². The fourth-order valence-electron chi connectivity index (χ4n) is 3.68. The molecule has 0 aliphatic heterocycles. The predicted octanol–water partition coefficient (Wildman–Crippen LogP) is 5.41. The lowest BCUT2D eigenvalue weighted by atomic mass is 9.95. The Hall–Kier alpha value is -3.93. The van der Waals surface area contributed by atoms with Crippen molar-refractivity contribution in [2.24, 2.45) is 5.41 Å². The first-order valence-electron chi connectivity index (χ1n) is 11.2. The normalized spacial score (nSPS) is 11.4. The molecule has 1 heterocycles. The molecule has 1 aromatic heterocycles. The number of nitrogens with one attached hydrogen (secondary N) is 1. The molecule has 1 N–H and O–H groups in total. The van der Waals surface area contributed by atoms with E-state index in [-0.39, 0.29) is 11.5 Å². The van der Waals surface area contributed by atoms with Crippen LogP contribution in [0.3, 0.4) is 0 Å². The summed E-state index contributed by atoms with van der Waals surface area (Å²) in [6.07, 6.45) is 0. The topological polar surface area (TPSA) is 73.2 Å². The average molecular weight is 456 g/mol. The van der Waals surface area contributed by atoms with Gasteiger partial charge < -0.3 is 10.1 Å². The summed E-state index contributed by atoms with van der Waals surface area (Å²) < 4.78 is 6.89. The summed E-state index contributed by atoms with van der Waals surface area (Å²) in [7, 11) is 1.65. The molecule has 0 saturated heterocycles. The molecule has 4 rings (SSSR count). The predicted molar refractivity (Wildman–Crippen MR) is 136 cm³/mol. The number of hydrogen-bond donors (Lipinski definition) is 1. The number of fused-ring (bicyclic) bond motifs is 1. The molecule has 6 heteroatoms. The maximum Gasteiger partial charge on any atom is 0.261 e. The second-order valence-electron chi connectivity index (χ2n) is 9.41. The highest BCUT2D eigenvalue weighted by Gasteiger charge is 2.21. The van der Waals surface area contributed by atoms with Crippen molar-refractivity contribution in [1.82, 2.24) is 9.55 Å². The number of carbonyl (C=O) groups is 1. The molecule has 0 radical (unpaired) electrons. The Morgan fingerprint density at radius 3 is 2.18 bits per heavy atom. The molecule has 0 spiro atoms. The quantitative estimate of drug-likeness (QED) is 0.436. The molecule has 0 fully saturated rings. The van der Waals surface area contributed by atoms with Gasteiger partial charge in [-0.3, -0.25) is 14.2 Å². The van der Waals surface area contributed by atoms with Crippen LogP contribution in [0.2, 0.25) is 0 Å². The third-order valence-corrected chi connectivity index (χ3v) is 5.80. The molecule has 4 aromatic rings. The Morgan fingerprint density at radius 1 is 0.971 bits per heavy atom. The first-order chi connectivity index (χ1) is 16.2. The van der Waals surface area contributed by atoms with Crippen molar-refractivity contribution >= 4 is 22.5 Å². The molecule has 3 aromatic carbocycles. The summed E-state index contributed by atoms with van der Waals surface area (Å²) in [6.45, 7) is 7.79. The van der Waals surface area contributed by atoms with Gasteiger partial charge in [0.05, 0.1) is 24.6 Å². The van der Waals surface area contributed by atoms with Crippen LogP contribution in [0.4, 0.5) is 5.69 Å². The van der Waals surface area contributed by atoms with Gasteiger partial charge in [0.25, 0.3) is 5.56 Å². The number of amides is 1. The van der Waals surface area contributed by atoms with Gasteiger partial charge >= 0.3 is 0 Å². The van der Waals surface area contributed by atoms with Crippen molar-refractivity contribution < 1.29 is 9.53 Å². The van der Waals surface area contributed by atoms with E-state index >= 15 is 0 Å². The van der Waals surface area contributed by atoms with Crippen LogP contribution in [-0.4, -0.2) is 22.6 Å². The first kappa shape index (κ1) is 23.2. The Balaban J connectivity index is 1.62. The van der Waals surface area contributed by atoms with E-state index in [2.05, 4.69) is 10.3 Å². The van der Waals surface area contributed by atoms with Crippen LogP contribution < -0.4 is 15.6 Å². The van der Waals surface area contributed by atoms with Gasteiger partial charge in [-0.1, -0.05) is 57.2 Å². The lowest BCUT2D eigenvalue weighted by molar-refractivity contribution is -0.123. The van der Waals surface area contributed by atoms with Crippen molar-refractivity contribution in [1.29, 1.82) is 0 Å². The molecule has 6 nitrogen and oxygen atoms in total. The zero-order chi connectivity index (χ0) is 24.5. The van der Waals surface area contributed by atoms with Crippen molar-refractivity contribution in [3.63, 3.8) is 0 Å². The maximum absolute atomic E-state index is 13.3. The second-order valence-corrected chi connectivity index (χ2v) is 9.41. The zero-order valence-corrected chi connectivity index (χ0v) is 20.2. The number of aromatic nitrogens is 2. The highest BCUT2D eigenvalue weighted by molar-refractivity contribution is 5.96. The SMILES string of the molecule is COc1ccc(-c2ccc(Cn3c(C)nc4ccc(NC(=O)C(C)(C)C)cc4c3=O)cc2)cc1. The summed E-state index contributed by atoms with van der Waals surface area (Å²) in [4.78, 5) is 30.3. The average Bonchev–Trinajstić information content (AvgIpc) is 2.82. The van der Waals surface area contributed by atoms with Crippen LogP contribution in [0.5, 0.6) is 5.75 Å². The molecule has 1 amide bonds. The molecule has 0 unspecified atom stereocenters. The number of ether oxygens (including phenoxy) is 1. The number of methoxy groups -OCH3 is 1. The van der Waals surface area contributed by atoms with E-state index in [0.29, 0.717) is 29.0 Å². The van der Waals surface area contributed by atoms with E-state index in [1.54, 1.807) is 29.9 Å². The number of hydrogen-bond acceptors (Lipinski definition) is 4. The minimum Gasteiger partial charge on any atom is -0.497 e. The van der Waals surface area contributed by atoms with Gasteiger partial charge in [0.2, 0.25) is 5.91 Å². The second kappa shape index (κ2) is 9.14. The lowest BCUT2D eigenvalue weighted by Crippen LogP contribution is -2.28. The standard InChI is InChI=1S/C28H29N3O3/c1-18-29-25-15-12-22(30-27(33)28(2,3)4)16-24(25)26(32)31(18)17-19-6-8-20(9-7-19)21-10-13-23(34-5)14-11-21/h6-16H,17H2,1-5H3,(H,30,33). The van der Waals surface area contributed by atoms with E-state index < -0.39 is 5.41 Å². The van der Waals surface area contributed by atoms with Crippen molar-refractivity contribution in [2.75, 3.05) is 12.4 Å². The number of benzene rings is 3. The number of carbonyl (C=O) groups excluding carboxylic acids is 1. The van der Waals surface area contributed by atoms with E-state index in [1.165, 1.54) is 0 Å². The van der Waals surface area contributed by atoms with Crippen molar-refractivity contribution in [3.05, 3.63) is 88.5 Å². The fourth-order valence-corrected chi connectivity index (χ4v) is 3.68. The van der Waals surface area contributed by atoms with Gasteiger partial charge in [0.15, 0.2) is 0 Å². The van der Waals surface area contributed by atoms with Crippen LogP contribution >= 0.6 is 0 Å². The Labute approximate surface area is 199 Å². The molecule has 174 valence electrons. The van der Waals surface area contributed by atoms with Crippen LogP contribution in [-0.2, 0) is 11.3 Å². The minimum absolute atomic E-state index is 0.107. The van der Waals surface area contributed by atoms with Crippen LogP contribution in [0.25, 0.3) is 22.0 Å². The number of rotatable bonds is 5. The maximum atomic E-state index is 13.3. The largest absolute Gasteiger partial charge is 0.497 e. The summed E-state index contributed by atoms with van der Waals surface area (Å²) in [5, 5.41) is 3.37. The molecule has 0 atom stereocenters. The van der Waals surface area contributed by atoms with Gasteiger partial charge in [-0.05, 0) is 53.9 Å². The first-order valence-corrected chi connectivity index (χ1v) is 11.2. The Kier molecular flexibility index (Phi) is 6.24. The van der Waals surface area contributed by atoms with Crippen LogP contribution in [0.1, 0.15) is 32.2 Å². The van der Waals surface area contributed by atoms with Gasteiger partial charge in [0, 0.05) is 11.1 Å². The molecule has 0 saturated carbocycles. The molecule has 0 bridgehead atoms.